The van der Waals surface area contributed by atoms with E-state index in [-0.39, 0.29) is 0 Å². The third-order valence-corrected chi connectivity index (χ3v) is 3.97. The van der Waals surface area contributed by atoms with Crippen LogP contribution in [0.25, 0.3) is 0 Å². The molecule has 100 valence electrons. The number of benzene rings is 1. The topological polar surface area (TPSA) is 16.4 Å². The molecule has 0 saturated carbocycles. The van der Waals surface area contributed by atoms with Crippen LogP contribution in [0.1, 0.15) is 36.6 Å². The second kappa shape index (κ2) is 6.07. The van der Waals surface area contributed by atoms with Crippen LogP contribution >= 0.6 is 0 Å². The number of rotatable bonds is 4. The zero-order chi connectivity index (χ0) is 12.9. The van der Waals surface area contributed by atoms with E-state index in [0.717, 1.165) is 12.2 Å². The van der Waals surface area contributed by atoms with Gasteiger partial charge in [0.1, 0.15) is 5.76 Å². The summed E-state index contributed by atoms with van der Waals surface area (Å²) in [7, 11) is 0. The summed E-state index contributed by atoms with van der Waals surface area (Å²) in [6, 6.07) is 15.2. The van der Waals surface area contributed by atoms with Gasteiger partial charge in [0.15, 0.2) is 0 Å². The van der Waals surface area contributed by atoms with E-state index >= 15 is 0 Å². The van der Waals surface area contributed by atoms with Crippen LogP contribution in [-0.4, -0.2) is 18.0 Å². The summed E-state index contributed by atoms with van der Waals surface area (Å²) >= 11 is 0. The fourth-order valence-corrected chi connectivity index (χ4v) is 2.96. The van der Waals surface area contributed by atoms with Crippen molar-refractivity contribution in [3.8, 4) is 0 Å². The molecule has 0 amide bonds. The van der Waals surface area contributed by atoms with E-state index in [0.29, 0.717) is 6.04 Å². The quantitative estimate of drug-likeness (QED) is 0.819. The summed E-state index contributed by atoms with van der Waals surface area (Å²) < 4.78 is 5.68. The maximum absolute atomic E-state index is 5.68. The number of hydrogen-bond donors (Lipinski definition) is 0. The molecule has 1 aliphatic heterocycles. The van der Waals surface area contributed by atoms with Crippen LogP contribution in [0.5, 0.6) is 0 Å². The Morgan fingerprint density at radius 2 is 1.74 bits per heavy atom. The first-order valence-electron chi connectivity index (χ1n) is 7.25. The van der Waals surface area contributed by atoms with Gasteiger partial charge in [-0.2, -0.15) is 0 Å². The van der Waals surface area contributed by atoms with Crippen molar-refractivity contribution >= 4 is 0 Å². The van der Waals surface area contributed by atoms with Gasteiger partial charge in [-0.05, 0) is 50.0 Å². The van der Waals surface area contributed by atoms with E-state index in [1.54, 1.807) is 6.26 Å². The fourth-order valence-electron chi connectivity index (χ4n) is 2.96. The Bertz CT molecular complexity index is 471. The van der Waals surface area contributed by atoms with Crippen molar-refractivity contribution in [1.29, 1.82) is 0 Å². The normalized spacial score (nSPS) is 18.3. The van der Waals surface area contributed by atoms with E-state index < -0.39 is 0 Å². The molecule has 0 N–H and O–H groups in total. The van der Waals surface area contributed by atoms with Gasteiger partial charge in [0.25, 0.3) is 0 Å². The van der Waals surface area contributed by atoms with E-state index in [1.807, 2.05) is 6.07 Å². The van der Waals surface area contributed by atoms with Crippen LogP contribution in [0.2, 0.25) is 0 Å². The second-order valence-electron chi connectivity index (χ2n) is 5.32. The zero-order valence-electron chi connectivity index (χ0n) is 11.3. The molecule has 2 aromatic rings. The van der Waals surface area contributed by atoms with Crippen LogP contribution < -0.4 is 0 Å². The Hall–Kier alpha value is -1.54. The number of hydrogen-bond acceptors (Lipinski definition) is 2. The SMILES string of the molecule is c1ccc(CC(c2ccco2)N2CCCCC2)cc1. The summed E-state index contributed by atoms with van der Waals surface area (Å²) in [4.78, 5) is 2.58. The smallest absolute Gasteiger partial charge is 0.121 e. The molecule has 3 rings (SSSR count). The predicted molar refractivity (Wildman–Crippen MR) is 77.0 cm³/mol. The van der Waals surface area contributed by atoms with Crippen LogP contribution in [0, 0.1) is 0 Å². The molecule has 1 atom stereocenters. The first kappa shape index (κ1) is 12.5. The molecule has 1 fully saturated rings. The highest BCUT2D eigenvalue weighted by Crippen LogP contribution is 2.28. The maximum atomic E-state index is 5.68. The lowest BCUT2D eigenvalue weighted by atomic mass is 10.00. The Kier molecular flexibility index (Phi) is 3.99. The first-order chi connectivity index (χ1) is 9.43. The Morgan fingerprint density at radius 3 is 2.42 bits per heavy atom. The van der Waals surface area contributed by atoms with Gasteiger partial charge in [-0.25, -0.2) is 0 Å². The van der Waals surface area contributed by atoms with E-state index in [9.17, 15) is 0 Å². The van der Waals surface area contributed by atoms with E-state index in [1.165, 1.54) is 37.9 Å². The van der Waals surface area contributed by atoms with Crippen LogP contribution in [0.3, 0.4) is 0 Å². The summed E-state index contributed by atoms with van der Waals surface area (Å²) in [5.41, 5.74) is 1.38. The maximum Gasteiger partial charge on any atom is 0.121 e. The molecule has 1 saturated heterocycles. The fraction of sp³-hybridized carbons (Fsp3) is 0.412. The molecular weight excluding hydrogens is 234 g/mol. The highest BCUT2D eigenvalue weighted by molar-refractivity contribution is 5.18. The molecule has 1 unspecified atom stereocenters. The predicted octanol–water partition coefficient (Wildman–Crippen LogP) is 4.05. The minimum atomic E-state index is 0.387. The van der Waals surface area contributed by atoms with Crippen LogP contribution in [-0.2, 0) is 6.42 Å². The molecule has 0 radical (unpaired) electrons. The Labute approximate surface area is 115 Å². The highest BCUT2D eigenvalue weighted by Gasteiger charge is 2.24. The van der Waals surface area contributed by atoms with Crippen LogP contribution in [0.4, 0.5) is 0 Å². The number of piperidine rings is 1. The second-order valence-corrected chi connectivity index (χ2v) is 5.32. The van der Waals surface area contributed by atoms with Crippen molar-refractivity contribution in [3.63, 3.8) is 0 Å². The summed E-state index contributed by atoms with van der Waals surface area (Å²) in [5.74, 6) is 1.10. The van der Waals surface area contributed by atoms with Gasteiger partial charge in [0.05, 0.1) is 12.3 Å². The molecule has 0 bridgehead atoms. The first-order valence-corrected chi connectivity index (χ1v) is 7.25. The standard InChI is InChI=1S/C17H21NO/c1-3-8-15(9-4-1)14-16(17-10-7-13-19-17)18-11-5-2-6-12-18/h1,3-4,7-10,13,16H,2,5-6,11-12,14H2. The Morgan fingerprint density at radius 1 is 0.947 bits per heavy atom. The molecule has 2 nitrogen and oxygen atoms in total. The van der Waals surface area contributed by atoms with Crippen molar-refractivity contribution < 1.29 is 4.42 Å². The summed E-state index contributed by atoms with van der Waals surface area (Å²) in [6.07, 6.45) is 6.82. The number of nitrogens with zero attached hydrogens (tertiary/aromatic N) is 1. The molecule has 1 aromatic heterocycles. The molecule has 2 heterocycles. The van der Waals surface area contributed by atoms with E-state index in [2.05, 4.69) is 41.3 Å². The lowest BCUT2D eigenvalue weighted by Gasteiger charge is -2.33. The lowest BCUT2D eigenvalue weighted by Crippen LogP contribution is -2.34. The molecule has 19 heavy (non-hydrogen) atoms. The summed E-state index contributed by atoms with van der Waals surface area (Å²) in [5, 5.41) is 0. The molecule has 1 aromatic carbocycles. The summed E-state index contributed by atoms with van der Waals surface area (Å²) in [6.45, 7) is 2.39. The third kappa shape index (κ3) is 3.07. The molecule has 0 aliphatic carbocycles. The zero-order valence-corrected chi connectivity index (χ0v) is 11.3. The third-order valence-electron chi connectivity index (χ3n) is 3.97. The van der Waals surface area contributed by atoms with Gasteiger partial charge in [-0.15, -0.1) is 0 Å². The lowest BCUT2D eigenvalue weighted by molar-refractivity contribution is 0.144. The molecule has 0 spiro atoms. The average Bonchev–Trinajstić information content (AvgIpc) is 3.01. The van der Waals surface area contributed by atoms with Gasteiger partial charge in [-0.3, -0.25) is 4.90 Å². The Balaban J connectivity index is 1.80. The largest absolute Gasteiger partial charge is 0.468 e. The van der Waals surface area contributed by atoms with Gasteiger partial charge < -0.3 is 4.42 Å². The van der Waals surface area contributed by atoms with Crippen molar-refractivity contribution in [2.75, 3.05) is 13.1 Å². The van der Waals surface area contributed by atoms with Crippen molar-refractivity contribution in [3.05, 3.63) is 60.1 Å². The van der Waals surface area contributed by atoms with Crippen molar-refractivity contribution in [2.24, 2.45) is 0 Å². The van der Waals surface area contributed by atoms with Gasteiger partial charge in [0.2, 0.25) is 0 Å². The van der Waals surface area contributed by atoms with Crippen molar-refractivity contribution in [1.82, 2.24) is 4.90 Å². The number of furan rings is 1. The van der Waals surface area contributed by atoms with Crippen LogP contribution in [0.15, 0.2) is 53.1 Å². The number of likely N-dealkylation sites (tertiary alicyclic amines) is 1. The van der Waals surface area contributed by atoms with Crippen molar-refractivity contribution in [2.45, 2.75) is 31.7 Å². The molecular formula is C17H21NO. The van der Waals surface area contributed by atoms with Gasteiger partial charge in [0, 0.05) is 0 Å². The average molecular weight is 255 g/mol. The van der Waals surface area contributed by atoms with E-state index in [4.69, 9.17) is 4.42 Å². The van der Waals surface area contributed by atoms with Gasteiger partial charge >= 0.3 is 0 Å². The minimum absolute atomic E-state index is 0.387. The molecule has 2 heteroatoms. The monoisotopic (exact) mass is 255 g/mol. The molecule has 1 aliphatic rings. The minimum Gasteiger partial charge on any atom is -0.468 e. The van der Waals surface area contributed by atoms with Gasteiger partial charge in [-0.1, -0.05) is 36.8 Å². The highest BCUT2D eigenvalue weighted by atomic mass is 16.3.